The van der Waals surface area contributed by atoms with Crippen LogP contribution < -0.4 is 11.1 Å². The number of aromatic nitrogens is 2. The summed E-state index contributed by atoms with van der Waals surface area (Å²) < 4.78 is 2.04. The predicted octanol–water partition coefficient (Wildman–Crippen LogP) is 1.45. The molecule has 0 spiro atoms. The third-order valence-corrected chi connectivity index (χ3v) is 3.88. The van der Waals surface area contributed by atoms with E-state index in [2.05, 4.69) is 10.3 Å². The SMILES string of the molecule is Cc1nccn1CC[C@@H](NC(=O)CN(C)C(N)=O)c1ccccc1. The quantitative estimate of drug-likeness (QED) is 0.805. The van der Waals surface area contributed by atoms with E-state index >= 15 is 0 Å². The number of hydrogen-bond donors (Lipinski definition) is 2. The molecule has 0 aliphatic heterocycles. The highest BCUT2D eigenvalue weighted by Gasteiger charge is 2.17. The fraction of sp³-hybridized carbons (Fsp3) is 0.353. The van der Waals surface area contributed by atoms with Crippen molar-refractivity contribution >= 4 is 11.9 Å². The number of amides is 3. The molecule has 1 atom stereocenters. The number of nitrogens with zero attached hydrogens (tertiary/aromatic N) is 3. The van der Waals surface area contributed by atoms with Gasteiger partial charge in [0.1, 0.15) is 12.4 Å². The van der Waals surface area contributed by atoms with E-state index in [-0.39, 0.29) is 18.5 Å². The number of carbonyl (C=O) groups is 2. The van der Waals surface area contributed by atoms with Gasteiger partial charge in [0.25, 0.3) is 0 Å². The lowest BCUT2D eigenvalue weighted by Crippen LogP contribution is -2.42. The number of likely N-dealkylation sites (N-methyl/N-ethyl adjacent to an activating group) is 1. The highest BCUT2D eigenvalue weighted by molar-refractivity contribution is 5.83. The van der Waals surface area contributed by atoms with Gasteiger partial charge in [-0.1, -0.05) is 30.3 Å². The van der Waals surface area contributed by atoms with Crippen molar-refractivity contribution in [2.45, 2.75) is 25.9 Å². The van der Waals surface area contributed by atoms with Crippen LogP contribution in [0.5, 0.6) is 0 Å². The maximum absolute atomic E-state index is 12.2. The van der Waals surface area contributed by atoms with Gasteiger partial charge in [-0.15, -0.1) is 0 Å². The second-order valence-corrected chi connectivity index (χ2v) is 5.68. The minimum absolute atomic E-state index is 0.0667. The normalized spacial score (nSPS) is 11.8. The molecule has 0 bridgehead atoms. The summed E-state index contributed by atoms with van der Waals surface area (Å²) in [4.78, 5) is 28.6. The lowest BCUT2D eigenvalue weighted by Gasteiger charge is -2.22. The molecule has 3 amide bonds. The molecule has 0 unspecified atom stereocenters. The van der Waals surface area contributed by atoms with E-state index in [0.29, 0.717) is 6.42 Å². The Labute approximate surface area is 141 Å². The monoisotopic (exact) mass is 329 g/mol. The first-order chi connectivity index (χ1) is 11.5. The van der Waals surface area contributed by atoms with Crippen molar-refractivity contribution in [2.24, 2.45) is 5.73 Å². The van der Waals surface area contributed by atoms with Crippen molar-refractivity contribution in [1.82, 2.24) is 19.8 Å². The number of primary amides is 1. The smallest absolute Gasteiger partial charge is 0.314 e. The van der Waals surface area contributed by atoms with Crippen LogP contribution in [-0.4, -0.2) is 40.0 Å². The maximum Gasteiger partial charge on any atom is 0.314 e. The van der Waals surface area contributed by atoms with Gasteiger partial charge in [0.05, 0.1) is 6.04 Å². The summed E-state index contributed by atoms with van der Waals surface area (Å²) in [5.41, 5.74) is 6.18. The molecule has 0 saturated carbocycles. The highest BCUT2D eigenvalue weighted by Crippen LogP contribution is 2.18. The van der Waals surface area contributed by atoms with E-state index in [1.807, 2.05) is 48.0 Å². The van der Waals surface area contributed by atoms with E-state index in [9.17, 15) is 9.59 Å². The summed E-state index contributed by atoms with van der Waals surface area (Å²) in [5.74, 6) is 0.689. The summed E-state index contributed by atoms with van der Waals surface area (Å²) in [6.07, 6.45) is 4.39. The topological polar surface area (TPSA) is 93.2 Å². The molecule has 0 aliphatic carbocycles. The fourth-order valence-corrected chi connectivity index (χ4v) is 2.45. The van der Waals surface area contributed by atoms with Crippen LogP contribution >= 0.6 is 0 Å². The number of rotatable bonds is 7. The van der Waals surface area contributed by atoms with E-state index in [1.165, 1.54) is 11.9 Å². The second-order valence-electron chi connectivity index (χ2n) is 5.68. The van der Waals surface area contributed by atoms with Crippen molar-refractivity contribution in [3.8, 4) is 0 Å². The average molecular weight is 329 g/mol. The van der Waals surface area contributed by atoms with E-state index in [1.54, 1.807) is 6.20 Å². The standard InChI is InChI=1S/C17H23N5O2/c1-13-19-9-11-22(13)10-8-15(14-6-4-3-5-7-14)20-16(23)12-21(2)17(18)24/h3-7,9,11,15H,8,10,12H2,1-2H3,(H2,18,24)(H,20,23)/t15-/m1/s1. The first-order valence-electron chi connectivity index (χ1n) is 7.80. The Morgan fingerprint density at radius 3 is 2.62 bits per heavy atom. The predicted molar refractivity (Wildman–Crippen MR) is 91.1 cm³/mol. The van der Waals surface area contributed by atoms with Crippen molar-refractivity contribution < 1.29 is 9.59 Å². The van der Waals surface area contributed by atoms with E-state index < -0.39 is 6.03 Å². The summed E-state index contributed by atoms with van der Waals surface area (Å²) in [6, 6.07) is 8.98. The van der Waals surface area contributed by atoms with Gasteiger partial charge in [0.2, 0.25) is 5.91 Å². The minimum atomic E-state index is -0.629. The first kappa shape index (κ1) is 17.5. The first-order valence-corrected chi connectivity index (χ1v) is 7.80. The van der Waals surface area contributed by atoms with Crippen molar-refractivity contribution in [3.05, 3.63) is 54.1 Å². The van der Waals surface area contributed by atoms with Crippen LogP contribution in [0, 0.1) is 6.92 Å². The largest absolute Gasteiger partial charge is 0.351 e. The Bertz CT molecular complexity index is 683. The van der Waals surface area contributed by atoms with Gasteiger partial charge in [-0.3, -0.25) is 4.79 Å². The molecule has 1 aromatic heterocycles. The molecule has 7 nitrogen and oxygen atoms in total. The third kappa shape index (κ3) is 4.84. The number of nitrogens with one attached hydrogen (secondary N) is 1. The number of imidazole rings is 1. The molecule has 7 heteroatoms. The van der Waals surface area contributed by atoms with Crippen LogP contribution in [0.2, 0.25) is 0 Å². The van der Waals surface area contributed by atoms with Gasteiger partial charge in [-0.2, -0.15) is 0 Å². The van der Waals surface area contributed by atoms with Crippen LogP contribution in [0.3, 0.4) is 0 Å². The molecule has 2 rings (SSSR count). The van der Waals surface area contributed by atoms with E-state index in [0.717, 1.165) is 17.9 Å². The molecule has 0 fully saturated rings. The summed E-state index contributed by atoms with van der Waals surface area (Å²) in [7, 11) is 1.49. The fourth-order valence-electron chi connectivity index (χ4n) is 2.45. The summed E-state index contributed by atoms with van der Waals surface area (Å²) in [6.45, 7) is 2.61. The Kier molecular flexibility index (Phi) is 5.95. The van der Waals surface area contributed by atoms with Gasteiger partial charge in [-0.05, 0) is 18.9 Å². The zero-order valence-electron chi connectivity index (χ0n) is 14.0. The minimum Gasteiger partial charge on any atom is -0.351 e. The zero-order valence-corrected chi connectivity index (χ0v) is 14.0. The lowest BCUT2D eigenvalue weighted by atomic mass is 10.0. The molecule has 24 heavy (non-hydrogen) atoms. The molecule has 1 aromatic carbocycles. The Morgan fingerprint density at radius 1 is 1.33 bits per heavy atom. The summed E-state index contributed by atoms with van der Waals surface area (Å²) >= 11 is 0. The highest BCUT2D eigenvalue weighted by atomic mass is 16.2. The van der Waals surface area contributed by atoms with Gasteiger partial charge < -0.3 is 20.5 Å². The van der Waals surface area contributed by atoms with Gasteiger partial charge in [-0.25, -0.2) is 9.78 Å². The Hall–Kier alpha value is -2.83. The van der Waals surface area contributed by atoms with Crippen molar-refractivity contribution in [3.63, 3.8) is 0 Å². The summed E-state index contributed by atoms with van der Waals surface area (Å²) in [5, 5.41) is 2.98. The maximum atomic E-state index is 12.2. The zero-order chi connectivity index (χ0) is 17.5. The molecule has 128 valence electrons. The van der Waals surface area contributed by atoms with Crippen molar-refractivity contribution in [1.29, 1.82) is 0 Å². The van der Waals surface area contributed by atoms with Crippen LogP contribution in [0.15, 0.2) is 42.7 Å². The number of benzene rings is 1. The van der Waals surface area contributed by atoms with Crippen LogP contribution in [0.1, 0.15) is 23.9 Å². The molecule has 0 radical (unpaired) electrons. The molecular weight excluding hydrogens is 306 g/mol. The van der Waals surface area contributed by atoms with Crippen LogP contribution in [0.4, 0.5) is 4.79 Å². The third-order valence-electron chi connectivity index (χ3n) is 3.88. The number of carbonyl (C=O) groups excluding carboxylic acids is 2. The number of aryl methyl sites for hydroxylation is 2. The number of hydrogen-bond acceptors (Lipinski definition) is 3. The molecular formula is C17H23N5O2. The van der Waals surface area contributed by atoms with Gasteiger partial charge in [0.15, 0.2) is 0 Å². The lowest BCUT2D eigenvalue weighted by molar-refractivity contribution is -0.122. The molecule has 0 saturated heterocycles. The Balaban J connectivity index is 2.04. The van der Waals surface area contributed by atoms with Crippen molar-refractivity contribution in [2.75, 3.05) is 13.6 Å². The van der Waals surface area contributed by atoms with Gasteiger partial charge >= 0.3 is 6.03 Å². The van der Waals surface area contributed by atoms with Crippen LogP contribution in [-0.2, 0) is 11.3 Å². The Morgan fingerprint density at radius 2 is 2.04 bits per heavy atom. The van der Waals surface area contributed by atoms with Crippen LogP contribution in [0.25, 0.3) is 0 Å². The number of nitrogens with two attached hydrogens (primary N) is 1. The van der Waals surface area contributed by atoms with E-state index in [4.69, 9.17) is 5.73 Å². The average Bonchev–Trinajstić information content (AvgIpc) is 2.97. The molecule has 2 aromatic rings. The number of urea groups is 1. The second kappa shape index (κ2) is 8.14. The van der Waals surface area contributed by atoms with Gasteiger partial charge in [0, 0.05) is 26.0 Å². The molecule has 1 heterocycles. The molecule has 3 N–H and O–H groups in total. The molecule has 0 aliphatic rings.